The van der Waals surface area contributed by atoms with E-state index in [0.717, 1.165) is 32.5 Å². The fourth-order valence-electron chi connectivity index (χ4n) is 2.20. The Morgan fingerprint density at radius 1 is 1.44 bits per heavy atom. The lowest BCUT2D eigenvalue weighted by atomic mass is 10.1. The minimum absolute atomic E-state index is 0.0712. The van der Waals surface area contributed by atoms with Crippen molar-refractivity contribution in [3.05, 3.63) is 0 Å². The zero-order chi connectivity index (χ0) is 12.2. The van der Waals surface area contributed by atoms with Crippen LogP contribution in [0.5, 0.6) is 0 Å². The zero-order valence-corrected chi connectivity index (χ0v) is 11.4. The Bertz CT molecular complexity index is 214. The fourth-order valence-corrected chi connectivity index (χ4v) is 2.20. The van der Waals surface area contributed by atoms with Gasteiger partial charge in [0, 0.05) is 19.7 Å². The Morgan fingerprint density at radius 2 is 2.12 bits per heavy atom. The summed E-state index contributed by atoms with van der Waals surface area (Å²) in [6, 6.07) is 0. The second kappa shape index (κ2) is 5.48. The summed E-state index contributed by atoms with van der Waals surface area (Å²) < 4.78 is 11.6. The molecule has 3 heteroatoms. The van der Waals surface area contributed by atoms with Gasteiger partial charge in [0.05, 0.1) is 17.3 Å². The topological polar surface area (TPSA) is 30.5 Å². The van der Waals surface area contributed by atoms with E-state index in [1.54, 1.807) is 0 Å². The van der Waals surface area contributed by atoms with Crippen LogP contribution < -0.4 is 5.32 Å². The number of nitrogens with one attached hydrogen (secondary N) is 1. The molecule has 1 N–H and O–H groups in total. The molecule has 1 atom stereocenters. The Kier molecular flexibility index (Phi) is 4.77. The predicted molar refractivity (Wildman–Crippen MR) is 66.8 cm³/mol. The summed E-state index contributed by atoms with van der Waals surface area (Å²) in [5.74, 6) is 0. The highest BCUT2D eigenvalue weighted by Gasteiger charge is 2.31. The molecule has 0 aromatic carbocycles. The van der Waals surface area contributed by atoms with Gasteiger partial charge < -0.3 is 14.8 Å². The van der Waals surface area contributed by atoms with E-state index < -0.39 is 0 Å². The first kappa shape index (κ1) is 13.9. The Balaban J connectivity index is 2.17. The summed E-state index contributed by atoms with van der Waals surface area (Å²) in [4.78, 5) is 0. The molecule has 1 heterocycles. The summed E-state index contributed by atoms with van der Waals surface area (Å²) in [7, 11) is 0. The molecular formula is C13H27NO2. The van der Waals surface area contributed by atoms with Crippen molar-refractivity contribution in [2.75, 3.05) is 19.7 Å². The van der Waals surface area contributed by atoms with Crippen molar-refractivity contribution in [3.8, 4) is 0 Å². The van der Waals surface area contributed by atoms with E-state index in [1.165, 1.54) is 0 Å². The third-order valence-electron chi connectivity index (χ3n) is 3.01. The van der Waals surface area contributed by atoms with Crippen molar-refractivity contribution >= 4 is 0 Å². The van der Waals surface area contributed by atoms with Gasteiger partial charge in [-0.2, -0.15) is 0 Å². The third-order valence-corrected chi connectivity index (χ3v) is 3.01. The van der Waals surface area contributed by atoms with Crippen LogP contribution in [0.1, 0.15) is 47.5 Å². The van der Waals surface area contributed by atoms with Crippen molar-refractivity contribution in [2.24, 2.45) is 0 Å². The van der Waals surface area contributed by atoms with Gasteiger partial charge in [-0.05, 0) is 47.5 Å². The van der Waals surface area contributed by atoms with Crippen LogP contribution in [0.15, 0.2) is 0 Å². The lowest BCUT2D eigenvalue weighted by Gasteiger charge is -2.26. The van der Waals surface area contributed by atoms with Crippen LogP contribution in [-0.2, 0) is 9.47 Å². The first-order valence-corrected chi connectivity index (χ1v) is 6.37. The van der Waals surface area contributed by atoms with Crippen LogP contribution in [0.3, 0.4) is 0 Å². The Morgan fingerprint density at radius 3 is 2.62 bits per heavy atom. The van der Waals surface area contributed by atoms with E-state index in [4.69, 9.17) is 9.47 Å². The quantitative estimate of drug-likeness (QED) is 0.758. The second-order valence-electron chi connectivity index (χ2n) is 5.86. The zero-order valence-electron chi connectivity index (χ0n) is 11.4. The molecule has 0 aromatic heterocycles. The van der Waals surface area contributed by atoms with E-state index in [-0.39, 0.29) is 11.2 Å². The molecule has 0 spiro atoms. The van der Waals surface area contributed by atoms with Crippen LogP contribution in [0.4, 0.5) is 0 Å². The average Bonchev–Trinajstić information content (AvgIpc) is 2.45. The summed E-state index contributed by atoms with van der Waals surface area (Å²) in [6.45, 7) is 13.2. The largest absolute Gasteiger partial charge is 0.375 e. The van der Waals surface area contributed by atoms with Crippen LogP contribution in [-0.4, -0.2) is 37.0 Å². The maximum Gasteiger partial charge on any atom is 0.0750 e. The van der Waals surface area contributed by atoms with Gasteiger partial charge in [-0.25, -0.2) is 0 Å². The molecule has 0 radical (unpaired) electrons. The number of hydrogen-bond acceptors (Lipinski definition) is 3. The summed E-state index contributed by atoms with van der Waals surface area (Å²) >= 11 is 0. The van der Waals surface area contributed by atoms with Crippen molar-refractivity contribution in [3.63, 3.8) is 0 Å². The highest BCUT2D eigenvalue weighted by molar-refractivity contribution is 4.82. The van der Waals surface area contributed by atoms with E-state index in [1.807, 2.05) is 6.92 Å². The van der Waals surface area contributed by atoms with E-state index in [2.05, 4.69) is 33.0 Å². The van der Waals surface area contributed by atoms with Crippen LogP contribution in [0.25, 0.3) is 0 Å². The normalized spacial score (nSPS) is 24.9. The number of ether oxygens (including phenoxy) is 2. The molecular weight excluding hydrogens is 202 g/mol. The average molecular weight is 229 g/mol. The van der Waals surface area contributed by atoms with Gasteiger partial charge >= 0.3 is 0 Å². The van der Waals surface area contributed by atoms with Gasteiger partial charge in [0.15, 0.2) is 0 Å². The van der Waals surface area contributed by atoms with Gasteiger partial charge in [-0.15, -0.1) is 0 Å². The molecule has 1 unspecified atom stereocenters. The molecule has 0 saturated carbocycles. The summed E-state index contributed by atoms with van der Waals surface area (Å²) in [5.41, 5.74) is -0.00927. The first-order valence-electron chi connectivity index (χ1n) is 6.37. The molecule has 0 aliphatic carbocycles. The van der Waals surface area contributed by atoms with Gasteiger partial charge in [-0.1, -0.05) is 0 Å². The summed E-state index contributed by atoms with van der Waals surface area (Å²) in [6.07, 6.45) is 2.69. The van der Waals surface area contributed by atoms with Crippen molar-refractivity contribution < 1.29 is 9.47 Å². The molecule has 3 nitrogen and oxygen atoms in total. The molecule has 0 amide bonds. The highest BCUT2D eigenvalue weighted by atomic mass is 16.5. The SMILES string of the molecule is CCOC(C)(C)CNCC1CCC(C)(C)O1. The van der Waals surface area contributed by atoms with Crippen molar-refractivity contribution in [2.45, 2.75) is 64.8 Å². The maximum atomic E-state index is 5.92. The molecule has 1 aliphatic heterocycles. The van der Waals surface area contributed by atoms with E-state index in [0.29, 0.717) is 6.10 Å². The molecule has 1 aliphatic rings. The lowest BCUT2D eigenvalue weighted by Crippen LogP contribution is -2.41. The molecule has 96 valence electrons. The number of rotatable bonds is 6. The van der Waals surface area contributed by atoms with Gasteiger partial charge in [0.25, 0.3) is 0 Å². The Labute approximate surface area is 99.9 Å². The maximum absolute atomic E-state index is 5.92. The van der Waals surface area contributed by atoms with Crippen LogP contribution in [0, 0.1) is 0 Å². The van der Waals surface area contributed by atoms with Gasteiger partial charge in [-0.3, -0.25) is 0 Å². The van der Waals surface area contributed by atoms with E-state index >= 15 is 0 Å². The van der Waals surface area contributed by atoms with Gasteiger partial charge in [0.1, 0.15) is 0 Å². The smallest absolute Gasteiger partial charge is 0.0750 e. The van der Waals surface area contributed by atoms with Crippen LogP contribution >= 0.6 is 0 Å². The molecule has 16 heavy (non-hydrogen) atoms. The summed E-state index contributed by atoms with van der Waals surface area (Å²) in [5, 5.41) is 3.44. The molecule has 1 saturated heterocycles. The number of hydrogen-bond donors (Lipinski definition) is 1. The highest BCUT2D eigenvalue weighted by Crippen LogP contribution is 2.28. The molecule has 0 bridgehead atoms. The molecule has 1 fully saturated rings. The Hall–Kier alpha value is -0.120. The second-order valence-corrected chi connectivity index (χ2v) is 5.86. The van der Waals surface area contributed by atoms with Crippen molar-refractivity contribution in [1.29, 1.82) is 0 Å². The van der Waals surface area contributed by atoms with E-state index in [9.17, 15) is 0 Å². The third kappa shape index (κ3) is 4.81. The predicted octanol–water partition coefficient (Wildman–Crippen LogP) is 2.35. The first-order chi connectivity index (χ1) is 7.35. The lowest BCUT2D eigenvalue weighted by molar-refractivity contribution is -0.0260. The minimum Gasteiger partial charge on any atom is -0.375 e. The molecule has 0 aromatic rings. The monoisotopic (exact) mass is 229 g/mol. The minimum atomic E-state index is -0.0805. The molecule has 1 rings (SSSR count). The van der Waals surface area contributed by atoms with Crippen LogP contribution in [0.2, 0.25) is 0 Å². The fraction of sp³-hybridized carbons (Fsp3) is 1.00. The van der Waals surface area contributed by atoms with Crippen molar-refractivity contribution in [1.82, 2.24) is 5.32 Å². The standard InChI is InChI=1S/C13H27NO2/c1-6-15-13(4,5)10-14-9-11-7-8-12(2,3)16-11/h11,14H,6-10H2,1-5H3. The van der Waals surface area contributed by atoms with Gasteiger partial charge in [0.2, 0.25) is 0 Å².